The lowest BCUT2D eigenvalue weighted by Crippen LogP contribution is -2.32. The number of carbonyl (C=O) groups is 2. The zero-order valence-electron chi connectivity index (χ0n) is 18.3. The van der Waals surface area contributed by atoms with Gasteiger partial charge < -0.3 is 24.4 Å². The standard InChI is InChI=1S/C24H28N2O5/c1-25(2)12-7-13-26-21(16-8-5-10-18(14-16)30-3)20(23(28)24(26)29)22(27)17-9-6-11-19(15-17)31-4/h5-6,8-11,14-15,21,27H,7,12-13H2,1-4H3. The van der Waals surface area contributed by atoms with Crippen LogP contribution >= 0.6 is 0 Å². The van der Waals surface area contributed by atoms with Crippen LogP contribution in [0.4, 0.5) is 0 Å². The van der Waals surface area contributed by atoms with Gasteiger partial charge in [0, 0.05) is 12.1 Å². The molecule has 7 heteroatoms. The molecule has 0 saturated carbocycles. The second kappa shape index (κ2) is 9.66. The third-order valence-electron chi connectivity index (χ3n) is 5.30. The number of rotatable bonds is 8. The number of amides is 1. The fourth-order valence-electron chi connectivity index (χ4n) is 3.75. The monoisotopic (exact) mass is 424 g/mol. The Morgan fingerprint density at radius 1 is 1.03 bits per heavy atom. The summed E-state index contributed by atoms with van der Waals surface area (Å²) in [5, 5.41) is 11.1. The summed E-state index contributed by atoms with van der Waals surface area (Å²) in [5.41, 5.74) is 1.18. The Morgan fingerprint density at radius 2 is 1.68 bits per heavy atom. The van der Waals surface area contributed by atoms with Crippen LogP contribution in [-0.4, -0.2) is 68.0 Å². The van der Waals surface area contributed by atoms with Crippen LogP contribution in [0.3, 0.4) is 0 Å². The summed E-state index contributed by atoms with van der Waals surface area (Å²) in [4.78, 5) is 29.5. The van der Waals surface area contributed by atoms with Gasteiger partial charge in [0.1, 0.15) is 17.3 Å². The topological polar surface area (TPSA) is 79.3 Å². The van der Waals surface area contributed by atoms with E-state index < -0.39 is 17.7 Å². The molecule has 0 radical (unpaired) electrons. The lowest BCUT2D eigenvalue weighted by atomic mass is 9.95. The lowest BCUT2D eigenvalue weighted by Gasteiger charge is -2.26. The van der Waals surface area contributed by atoms with E-state index in [4.69, 9.17) is 9.47 Å². The van der Waals surface area contributed by atoms with Gasteiger partial charge in [-0.3, -0.25) is 9.59 Å². The van der Waals surface area contributed by atoms with Crippen LogP contribution in [-0.2, 0) is 9.59 Å². The molecule has 7 nitrogen and oxygen atoms in total. The summed E-state index contributed by atoms with van der Waals surface area (Å²) >= 11 is 0. The highest BCUT2D eigenvalue weighted by molar-refractivity contribution is 6.46. The first-order chi connectivity index (χ1) is 14.9. The van der Waals surface area contributed by atoms with E-state index >= 15 is 0 Å². The zero-order valence-corrected chi connectivity index (χ0v) is 18.3. The minimum Gasteiger partial charge on any atom is -0.507 e. The van der Waals surface area contributed by atoms with Gasteiger partial charge in [-0.05, 0) is 56.9 Å². The summed E-state index contributed by atoms with van der Waals surface area (Å²) in [6, 6.07) is 13.3. The predicted octanol–water partition coefficient (Wildman–Crippen LogP) is 3.08. The van der Waals surface area contributed by atoms with Gasteiger partial charge in [-0.1, -0.05) is 24.3 Å². The third kappa shape index (κ3) is 4.72. The van der Waals surface area contributed by atoms with Crippen molar-refractivity contribution in [2.24, 2.45) is 0 Å². The molecule has 2 aromatic carbocycles. The maximum absolute atomic E-state index is 13.0. The van der Waals surface area contributed by atoms with E-state index in [-0.39, 0.29) is 11.3 Å². The number of benzene rings is 2. The number of hydrogen-bond acceptors (Lipinski definition) is 6. The van der Waals surface area contributed by atoms with Gasteiger partial charge in [0.15, 0.2) is 0 Å². The van der Waals surface area contributed by atoms with Crippen LogP contribution in [0.5, 0.6) is 11.5 Å². The molecule has 1 fully saturated rings. The summed E-state index contributed by atoms with van der Waals surface area (Å²) in [5.74, 6) is -0.380. The number of methoxy groups -OCH3 is 2. The molecular weight excluding hydrogens is 396 g/mol. The van der Waals surface area contributed by atoms with E-state index in [0.717, 1.165) is 6.54 Å². The fraction of sp³-hybridized carbons (Fsp3) is 0.333. The number of ether oxygens (including phenoxy) is 2. The molecule has 3 rings (SSSR count). The molecule has 1 saturated heterocycles. The number of aliphatic hydroxyl groups is 1. The SMILES string of the molecule is COc1cccc(C(O)=C2C(=O)C(=O)N(CCCN(C)C)C2c2cccc(OC)c2)c1. The van der Waals surface area contributed by atoms with E-state index in [0.29, 0.717) is 35.6 Å². The second-order valence-electron chi connectivity index (χ2n) is 7.66. The number of Topliss-reactive ketones (excluding diaryl/α,β-unsaturated/α-hetero) is 1. The van der Waals surface area contributed by atoms with Crippen molar-refractivity contribution in [3.05, 3.63) is 65.2 Å². The minimum atomic E-state index is -0.705. The molecule has 31 heavy (non-hydrogen) atoms. The van der Waals surface area contributed by atoms with Crippen LogP contribution in [0.25, 0.3) is 5.76 Å². The van der Waals surface area contributed by atoms with Crippen LogP contribution in [0, 0.1) is 0 Å². The minimum absolute atomic E-state index is 0.0661. The maximum Gasteiger partial charge on any atom is 0.295 e. The molecule has 164 valence electrons. The van der Waals surface area contributed by atoms with Crippen molar-refractivity contribution >= 4 is 17.4 Å². The Kier molecular flexibility index (Phi) is 6.97. The molecule has 0 aliphatic carbocycles. The van der Waals surface area contributed by atoms with Crippen molar-refractivity contribution < 1.29 is 24.2 Å². The Labute approximate surface area is 182 Å². The summed E-state index contributed by atoms with van der Waals surface area (Å²) in [6.45, 7) is 1.16. The molecule has 1 atom stereocenters. The van der Waals surface area contributed by atoms with Gasteiger partial charge in [-0.15, -0.1) is 0 Å². The van der Waals surface area contributed by atoms with Crippen molar-refractivity contribution in [2.75, 3.05) is 41.4 Å². The number of nitrogens with zero attached hydrogens (tertiary/aromatic N) is 2. The number of carbonyl (C=O) groups excluding carboxylic acids is 2. The molecule has 1 unspecified atom stereocenters. The molecule has 1 aliphatic rings. The van der Waals surface area contributed by atoms with Gasteiger partial charge >= 0.3 is 0 Å². The van der Waals surface area contributed by atoms with E-state index in [1.807, 2.05) is 25.1 Å². The highest BCUT2D eigenvalue weighted by Gasteiger charge is 2.45. The fourth-order valence-corrected chi connectivity index (χ4v) is 3.75. The van der Waals surface area contributed by atoms with Crippen LogP contribution in [0.2, 0.25) is 0 Å². The quantitative estimate of drug-likeness (QED) is 0.399. The second-order valence-corrected chi connectivity index (χ2v) is 7.66. The smallest absolute Gasteiger partial charge is 0.295 e. The highest BCUT2D eigenvalue weighted by atomic mass is 16.5. The van der Waals surface area contributed by atoms with Crippen molar-refractivity contribution in [3.63, 3.8) is 0 Å². The molecule has 1 heterocycles. The Hall–Kier alpha value is -3.32. The average Bonchev–Trinajstić information content (AvgIpc) is 3.03. The highest BCUT2D eigenvalue weighted by Crippen LogP contribution is 2.40. The van der Waals surface area contributed by atoms with E-state index in [1.54, 1.807) is 49.6 Å². The van der Waals surface area contributed by atoms with E-state index in [2.05, 4.69) is 0 Å². The molecule has 2 aromatic rings. The number of likely N-dealkylation sites (tertiary alicyclic amines) is 1. The third-order valence-corrected chi connectivity index (χ3v) is 5.30. The molecular formula is C24H28N2O5. The maximum atomic E-state index is 13.0. The number of aliphatic hydroxyl groups excluding tert-OH is 1. The first kappa shape index (κ1) is 22.4. The molecule has 0 bridgehead atoms. The normalized spacial score (nSPS) is 18.0. The Morgan fingerprint density at radius 3 is 2.32 bits per heavy atom. The zero-order chi connectivity index (χ0) is 22.5. The van der Waals surface area contributed by atoms with Crippen molar-refractivity contribution in [3.8, 4) is 11.5 Å². The Balaban J connectivity index is 2.12. The van der Waals surface area contributed by atoms with Gasteiger partial charge in [0.2, 0.25) is 0 Å². The van der Waals surface area contributed by atoms with Crippen LogP contribution in [0.1, 0.15) is 23.6 Å². The molecule has 0 aromatic heterocycles. The van der Waals surface area contributed by atoms with Crippen molar-refractivity contribution in [1.82, 2.24) is 9.80 Å². The Bertz CT molecular complexity index is 999. The van der Waals surface area contributed by atoms with Gasteiger partial charge in [-0.2, -0.15) is 0 Å². The summed E-state index contributed by atoms with van der Waals surface area (Å²) < 4.78 is 10.6. The number of hydrogen-bond donors (Lipinski definition) is 1. The van der Waals surface area contributed by atoms with Gasteiger partial charge in [0.05, 0.1) is 25.8 Å². The van der Waals surface area contributed by atoms with E-state index in [1.165, 1.54) is 12.0 Å². The first-order valence-electron chi connectivity index (χ1n) is 10.1. The van der Waals surface area contributed by atoms with E-state index in [9.17, 15) is 14.7 Å². The lowest BCUT2D eigenvalue weighted by molar-refractivity contribution is -0.139. The number of ketones is 1. The molecule has 1 aliphatic heterocycles. The van der Waals surface area contributed by atoms with Gasteiger partial charge in [-0.25, -0.2) is 0 Å². The van der Waals surface area contributed by atoms with Crippen molar-refractivity contribution in [2.45, 2.75) is 12.5 Å². The van der Waals surface area contributed by atoms with Crippen LogP contribution in [0.15, 0.2) is 54.1 Å². The average molecular weight is 424 g/mol. The molecule has 0 spiro atoms. The largest absolute Gasteiger partial charge is 0.507 e. The first-order valence-corrected chi connectivity index (χ1v) is 10.1. The van der Waals surface area contributed by atoms with Crippen molar-refractivity contribution in [1.29, 1.82) is 0 Å². The summed E-state index contributed by atoms with van der Waals surface area (Å²) in [6.07, 6.45) is 0.694. The van der Waals surface area contributed by atoms with Gasteiger partial charge in [0.25, 0.3) is 11.7 Å². The molecule has 1 N–H and O–H groups in total. The van der Waals surface area contributed by atoms with Crippen LogP contribution < -0.4 is 9.47 Å². The summed E-state index contributed by atoms with van der Waals surface area (Å²) in [7, 11) is 7.00. The molecule has 1 amide bonds. The predicted molar refractivity (Wildman–Crippen MR) is 118 cm³/mol.